The highest BCUT2D eigenvalue weighted by atomic mass is 19.1. The lowest BCUT2D eigenvalue weighted by atomic mass is 9.99. The van der Waals surface area contributed by atoms with Crippen molar-refractivity contribution in [3.8, 4) is 11.3 Å². The molecular weight excluding hydrogens is 375 g/mol. The number of nitrogens with one attached hydrogen (secondary N) is 1. The van der Waals surface area contributed by atoms with Crippen molar-refractivity contribution < 1.29 is 9.18 Å². The van der Waals surface area contributed by atoms with Gasteiger partial charge in [-0.25, -0.2) is 9.37 Å². The summed E-state index contributed by atoms with van der Waals surface area (Å²) in [6.07, 6.45) is 0.826. The first kappa shape index (κ1) is 19.8. The molecule has 0 unspecified atom stereocenters. The number of halogens is 1. The summed E-state index contributed by atoms with van der Waals surface area (Å²) in [6, 6.07) is 19.8. The predicted octanol–water partition coefficient (Wildman–Crippen LogP) is 6.47. The Morgan fingerprint density at radius 2 is 1.73 bits per heavy atom. The van der Waals surface area contributed by atoms with E-state index in [-0.39, 0.29) is 11.7 Å². The molecule has 150 valence electrons. The lowest BCUT2D eigenvalue weighted by Crippen LogP contribution is -2.14. The highest BCUT2D eigenvalue weighted by molar-refractivity contribution is 6.13. The molecule has 0 bridgehead atoms. The van der Waals surface area contributed by atoms with Gasteiger partial charge in [-0.05, 0) is 73.9 Å². The maximum atomic E-state index is 13.4. The summed E-state index contributed by atoms with van der Waals surface area (Å²) in [5, 5.41) is 3.88. The van der Waals surface area contributed by atoms with Gasteiger partial charge >= 0.3 is 0 Å². The second-order valence-electron chi connectivity index (χ2n) is 7.50. The Hall–Kier alpha value is -3.53. The van der Waals surface area contributed by atoms with Gasteiger partial charge in [0.2, 0.25) is 0 Å². The number of anilines is 1. The van der Waals surface area contributed by atoms with E-state index < -0.39 is 0 Å². The Balaban J connectivity index is 1.88. The van der Waals surface area contributed by atoms with Crippen LogP contribution in [-0.2, 0) is 6.42 Å². The van der Waals surface area contributed by atoms with Crippen LogP contribution in [-0.4, -0.2) is 10.9 Å². The number of rotatable bonds is 4. The largest absolute Gasteiger partial charge is 0.322 e. The first-order chi connectivity index (χ1) is 14.5. The minimum atomic E-state index is -0.305. The first-order valence-electron chi connectivity index (χ1n) is 10.0. The lowest BCUT2D eigenvalue weighted by molar-refractivity contribution is 0.102. The Kier molecular flexibility index (Phi) is 5.32. The molecule has 0 aliphatic heterocycles. The van der Waals surface area contributed by atoms with Crippen molar-refractivity contribution in [2.24, 2.45) is 0 Å². The van der Waals surface area contributed by atoms with Crippen LogP contribution in [0.25, 0.3) is 22.2 Å². The summed E-state index contributed by atoms with van der Waals surface area (Å²) in [5.74, 6) is -0.489. The van der Waals surface area contributed by atoms with Crippen LogP contribution in [0.3, 0.4) is 0 Å². The molecular formula is C26H23FN2O. The fourth-order valence-electron chi connectivity index (χ4n) is 3.78. The average molecular weight is 398 g/mol. The van der Waals surface area contributed by atoms with Gasteiger partial charge < -0.3 is 5.32 Å². The summed E-state index contributed by atoms with van der Waals surface area (Å²) in [7, 11) is 0. The summed E-state index contributed by atoms with van der Waals surface area (Å²) >= 11 is 0. The van der Waals surface area contributed by atoms with Crippen molar-refractivity contribution in [2.45, 2.75) is 27.2 Å². The lowest BCUT2D eigenvalue weighted by Gasteiger charge is -2.14. The van der Waals surface area contributed by atoms with Gasteiger partial charge in [-0.15, -0.1) is 0 Å². The monoisotopic (exact) mass is 398 g/mol. The van der Waals surface area contributed by atoms with Crippen molar-refractivity contribution in [1.29, 1.82) is 0 Å². The molecule has 0 aliphatic carbocycles. The fourth-order valence-corrected chi connectivity index (χ4v) is 3.78. The number of carbonyl (C=O) groups is 1. The van der Waals surface area contributed by atoms with Crippen LogP contribution in [0.1, 0.15) is 34.0 Å². The molecule has 0 atom stereocenters. The Labute approximate surface area is 175 Å². The van der Waals surface area contributed by atoms with Crippen LogP contribution in [0.15, 0.2) is 66.7 Å². The maximum absolute atomic E-state index is 13.4. The van der Waals surface area contributed by atoms with Crippen LogP contribution in [0.4, 0.5) is 10.1 Å². The molecule has 1 amide bonds. The summed E-state index contributed by atoms with van der Waals surface area (Å²) < 4.78 is 13.4. The van der Waals surface area contributed by atoms with Gasteiger partial charge in [-0.3, -0.25) is 4.79 Å². The zero-order chi connectivity index (χ0) is 21.3. The SMILES string of the molecule is CCc1ccccc1NC(=O)c1cc(-c2ccc(F)cc2)nc2c(C)cc(C)cc12. The smallest absolute Gasteiger partial charge is 0.256 e. The molecule has 0 saturated carbocycles. The zero-order valence-electron chi connectivity index (χ0n) is 17.3. The predicted molar refractivity (Wildman–Crippen MR) is 120 cm³/mol. The number of aryl methyl sites for hydroxylation is 3. The number of para-hydroxylation sites is 1. The molecule has 1 heterocycles. The molecule has 0 saturated heterocycles. The van der Waals surface area contributed by atoms with E-state index >= 15 is 0 Å². The number of pyridine rings is 1. The second kappa shape index (κ2) is 8.07. The summed E-state index contributed by atoms with van der Waals surface area (Å²) in [5.41, 5.74) is 6.69. The van der Waals surface area contributed by atoms with Gasteiger partial charge in [0.25, 0.3) is 5.91 Å². The highest BCUT2D eigenvalue weighted by Gasteiger charge is 2.17. The normalized spacial score (nSPS) is 10.9. The van der Waals surface area contributed by atoms with Crippen molar-refractivity contribution >= 4 is 22.5 Å². The van der Waals surface area contributed by atoms with Crippen molar-refractivity contribution in [3.05, 3.63) is 94.8 Å². The van der Waals surface area contributed by atoms with Crippen LogP contribution in [0.5, 0.6) is 0 Å². The third-order valence-electron chi connectivity index (χ3n) is 5.28. The highest BCUT2D eigenvalue weighted by Crippen LogP contribution is 2.29. The number of aromatic nitrogens is 1. The molecule has 0 radical (unpaired) electrons. The number of amides is 1. The van der Waals surface area contributed by atoms with Gasteiger partial charge in [0.15, 0.2) is 0 Å². The van der Waals surface area contributed by atoms with Gasteiger partial charge in [0.05, 0.1) is 16.8 Å². The topological polar surface area (TPSA) is 42.0 Å². The number of hydrogen-bond donors (Lipinski definition) is 1. The standard InChI is InChI=1S/C26H23FN2O/c1-4-18-7-5-6-8-23(18)29-26(30)22-15-24(19-9-11-20(27)12-10-19)28-25-17(3)13-16(2)14-21(22)25/h5-15H,4H2,1-3H3,(H,29,30). The third kappa shape index (κ3) is 3.81. The van der Waals surface area contributed by atoms with E-state index in [1.165, 1.54) is 12.1 Å². The molecule has 1 aromatic heterocycles. The molecule has 4 aromatic rings. The van der Waals surface area contributed by atoms with Crippen LogP contribution < -0.4 is 5.32 Å². The van der Waals surface area contributed by atoms with E-state index in [0.717, 1.165) is 45.3 Å². The maximum Gasteiger partial charge on any atom is 0.256 e. The molecule has 1 N–H and O–H groups in total. The quantitative estimate of drug-likeness (QED) is 0.428. The first-order valence-corrected chi connectivity index (χ1v) is 10.0. The molecule has 30 heavy (non-hydrogen) atoms. The molecule has 4 heteroatoms. The van der Waals surface area contributed by atoms with E-state index in [0.29, 0.717) is 11.3 Å². The summed E-state index contributed by atoms with van der Waals surface area (Å²) in [4.78, 5) is 18.2. The zero-order valence-corrected chi connectivity index (χ0v) is 17.3. The number of fused-ring (bicyclic) bond motifs is 1. The van der Waals surface area contributed by atoms with Crippen molar-refractivity contribution in [3.63, 3.8) is 0 Å². The third-order valence-corrected chi connectivity index (χ3v) is 5.28. The Morgan fingerprint density at radius 1 is 1.00 bits per heavy atom. The van der Waals surface area contributed by atoms with Crippen molar-refractivity contribution in [2.75, 3.05) is 5.32 Å². The van der Waals surface area contributed by atoms with E-state index in [4.69, 9.17) is 4.98 Å². The van der Waals surface area contributed by atoms with E-state index in [1.54, 1.807) is 18.2 Å². The number of benzene rings is 3. The molecule has 0 aliphatic rings. The Bertz CT molecular complexity index is 1250. The second-order valence-corrected chi connectivity index (χ2v) is 7.50. The van der Waals surface area contributed by atoms with Gasteiger partial charge in [0.1, 0.15) is 5.82 Å². The van der Waals surface area contributed by atoms with Crippen molar-refractivity contribution in [1.82, 2.24) is 4.98 Å². The molecule has 3 nitrogen and oxygen atoms in total. The van der Waals surface area contributed by atoms with Gasteiger partial charge in [-0.1, -0.05) is 36.8 Å². The Morgan fingerprint density at radius 3 is 2.47 bits per heavy atom. The van der Waals surface area contributed by atoms with E-state index in [1.807, 2.05) is 44.2 Å². The van der Waals surface area contributed by atoms with Crippen LogP contribution >= 0.6 is 0 Å². The van der Waals surface area contributed by atoms with E-state index in [9.17, 15) is 9.18 Å². The number of carbonyl (C=O) groups excluding carboxylic acids is 1. The minimum absolute atomic E-state index is 0.184. The van der Waals surface area contributed by atoms with Crippen LogP contribution in [0, 0.1) is 19.7 Å². The van der Waals surface area contributed by atoms with Gasteiger partial charge in [0, 0.05) is 16.6 Å². The molecule has 0 spiro atoms. The van der Waals surface area contributed by atoms with Gasteiger partial charge in [-0.2, -0.15) is 0 Å². The fraction of sp³-hybridized carbons (Fsp3) is 0.154. The van der Waals surface area contributed by atoms with Crippen LogP contribution in [0.2, 0.25) is 0 Å². The average Bonchev–Trinajstić information content (AvgIpc) is 2.74. The van der Waals surface area contributed by atoms with E-state index in [2.05, 4.69) is 18.3 Å². The molecule has 0 fully saturated rings. The summed E-state index contributed by atoms with van der Waals surface area (Å²) in [6.45, 7) is 6.06. The molecule has 4 rings (SSSR count). The number of nitrogens with zero attached hydrogens (tertiary/aromatic N) is 1. The minimum Gasteiger partial charge on any atom is -0.322 e. The molecule has 3 aromatic carbocycles. The number of hydrogen-bond acceptors (Lipinski definition) is 2.